The summed E-state index contributed by atoms with van der Waals surface area (Å²) >= 11 is 0. The van der Waals surface area contributed by atoms with E-state index < -0.39 is 5.97 Å². The van der Waals surface area contributed by atoms with Crippen LogP contribution in [0.5, 0.6) is 0 Å². The van der Waals surface area contributed by atoms with Crippen LogP contribution in [0.15, 0.2) is 24.3 Å². The number of carbonyl (C=O) groups is 1. The number of esters is 1. The molecule has 0 bridgehead atoms. The Kier molecular flexibility index (Phi) is 2.46. The van der Waals surface area contributed by atoms with E-state index in [4.69, 9.17) is 14.2 Å². The number of benzene rings is 1. The van der Waals surface area contributed by atoms with Crippen molar-refractivity contribution in [1.29, 1.82) is 0 Å². The van der Waals surface area contributed by atoms with Gasteiger partial charge in [-0.1, -0.05) is 18.2 Å². The standard InChI is InChI=1S/C11H12O4/c1-13-11(14-2)9-6-4-3-5-8(9)7-10(12)15-11/h3-6H,7H2,1-2H3. The van der Waals surface area contributed by atoms with E-state index in [2.05, 4.69) is 0 Å². The molecule has 0 fully saturated rings. The molecule has 0 amide bonds. The Bertz CT molecular complexity index is 382. The molecule has 0 N–H and O–H groups in total. The van der Waals surface area contributed by atoms with E-state index in [1.807, 2.05) is 24.3 Å². The first-order chi connectivity index (χ1) is 7.22. The van der Waals surface area contributed by atoms with Crippen LogP contribution >= 0.6 is 0 Å². The average molecular weight is 208 g/mol. The lowest BCUT2D eigenvalue weighted by atomic mass is 10.0. The lowest BCUT2D eigenvalue weighted by Crippen LogP contribution is -2.41. The predicted molar refractivity (Wildman–Crippen MR) is 51.9 cm³/mol. The smallest absolute Gasteiger partial charge is 0.358 e. The molecular weight excluding hydrogens is 196 g/mol. The average Bonchev–Trinajstić information content (AvgIpc) is 2.27. The number of hydrogen-bond acceptors (Lipinski definition) is 4. The highest BCUT2D eigenvalue weighted by atomic mass is 16.9. The van der Waals surface area contributed by atoms with Crippen molar-refractivity contribution in [2.75, 3.05) is 14.2 Å². The maximum atomic E-state index is 11.4. The van der Waals surface area contributed by atoms with Gasteiger partial charge in [0.05, 0.1) is 12.0 Å². The van der Waals surface area contributed by atoms with Gasteiger partial charge in [0.25, 0.3) is 0 Å². The van der Waals surface area contributed by atoms with Crippen LogP contribution in [-0.2, 0) is 31.4 Å². The van der Waals surface area contributed by atoms with Gasteiger partial charge in [0.15, 0.2) is 0 Å². The third-order valence-electron chi connectivity index (χ3n) is 2.47. The molecule has 15 heavy (non-hydrogen) atoms. The fraction of sp³-hybridized carbons (Fsp3) is 0.364. The van der Waals surface area contributed by atoms with Crippen LogP contribution in [0, 0.1) is 0 Å². The van der Waals surface area contributed by atoms with Gasteiger partial charge in [-0.3, -0.25) is 4.79 Å². The highest BCUT2D eigenvalue weighted by Crippen LogP contribution is 2.34. The monoisotopic (exact) mass is 208 g/mol. The van der Waals surface area contributed by atoms with E-state index in [1.165, 1.54) is 14.2 Å². The largest absolute Gasteiger partial charge is 0.403 e. The van der Waals surface area contributed by atoms with E-state index in [9.17, 15) is 4.79 Å². The highest BCUT2D eigenvalue weighted by Gasteiger charge is 2.42. The first-order valence-corrected chi connectivity index (χ1v) is 4.62. The van der Waals surface area contributed by atoms with Gasteiger partial charge < -0.3 is 14.2 Å². The third-order valence-corrected chi connectivity index (χ3v) is 2.47. The molecule has 1 aliphatic heterocycles. The van der Waals surface area contributed by atoms with Gasteiger partial charge in [-0.05, 0) is 11.6 Å². The summed E-state index contributed by atoms with van der Waals surface area (Å²) < 4.78 is 15.4. The van der Waals surface area contributed by atoms with Crippen molar-refractivity contribution in [1.82, 2.24) is 0 Å². The minimum atomic E-state index is -1.38. The van der Waals surface area contributed by atoms with E-state index in [1.54, 1.807) is 0 Å². The molecule has 80 valence electrons. The molecule has 4 nitrogen and oxygen atoms in total. The number of ether oxygens (including phenoxy) is 3. The Labute approximate surface area is 87.8 Å². The van der Waals surface area contributed by atoms with Crippen LogP contribution < -0.4 is 0 Å². The number of fused-ring (bicyclic) bond motifs is 1. The third kappa shape index (κ3) is 1.52. The van der Waals surface area contributed by atoms with Crippen LogP contribution in [-0.4, -0.2) is 20.2 Å². The van der Waals surface area contributed by atoms with E-state index in [0.717, 1.165) is 11.1 Å². The number of methoxy groups -OCH3 is 2. The second-order valence-corrected chi connectivity index (χ2v) is 3.27. The van der Waals surface area contributed by atoms with E-state index in [0.29, 0.717) is 0 Å². The van der Waals surface area contributed by atoms with Crippen molar-refractivity contribution >= 4 is 5.97 Å². The second kappa shape index (κ2) is 3.64. The molecule has 0 atom stereocenters. The lowest BCUT2D eigenvalue weighted by Gasteiger charge is -2.34. The van der Waals surface area contributed by atoms with Gasteiger partial charge in [-0.2, -0.15) is 0 Å². The molecule has 0 aliphatic carbocycles. The summed E-state index contributed by atoms with van der Waals surface area (Å²) in [6.45, 7) is 0. The molecule has 1 heterocycles. The summed E-state index contributed by atoms with van der Waals surface area (Å²) in [6, 6.07) is 7.41. The van der Waals surface area contributed by atoms with Crippen molar-refractivity contribution in [2.24, 2.45) is 0 Å². The molecule has 1 aromatic carbocycles. The second-order valence-electron chi connectivity index (χ2n) is 3.27. The summed E-state index contributed by atoms with van der Waals surface area (Å²) in [5.74, 6) is -1.73. The fourth-order valence-corrected chi connectivity index (χ4v) is 1.76. The Morgan fingerprint density at radius 3 is 2.60 bits per heavy atom. The van der Waals surface area contributed by atoms with Crippen LogP contribution in [0.25, 0.3) is 0 Å². The maximum Gasteiger partial charge on any atom is 0.358 e. The zero-order chi connectivity index (χ0) is 10.9. The fourth-order valence-electron chi connectivity index (χ4n) is 1.76. The first-order valence-electron chi connectivity index (χ1n) is 4.62. The van der Waals surface area contributed by atoms with E-state index >= 15 is 0 Å². The first kappa shape index (κ1) is 10.1. The Morgan fingerprint density at radius 1 is 1.27 bits per heavy atom. The topological polar surface area (TPSA) is 44.8 Å². The summed E-state index contributed by atoms with van der Waals surface area (Å²) in [5, 5.41) is 0. The van der Waals surface area contributed by atoms with Gasteiger partial charge in [0.1, 0.15) is 0 Å². The number of cyclic esters (lactones) is 1. The molecule has 1 aromatic rings. The predicted octanol–water partition coefficient (Wildman–Crippen LogP) is 1.19. The SMILES string of the molecule is COC1(OC)OC(=O)Cc2ccccc21. The Morgan fingerprint density at radius 2 is 1.93 bits per heavy atom. The Hall–Kier alpha value is -1.39. The van der Waals surface area contributed by atoms with Crippen LogP contribution in [0.3, 0.4) is 0 Å². The number of rotatable bonds is 2. The normalized spacial score (nSPS) is 18.1. The van der Waals surface area contributed by atoms with Crippen molar-refractivity contribution in [2.45, 2.75) is 12.4 Å². The molecule has 0 aromatic heterocycles. The molecule has 2 rings (SSSR count). The Balaban J connectivity index is 2.55. The van der Waals surface area contributed by atoms with Gasteiger partial charge in [0.2, 0.25) is 0 Å². The van der Waals surface area contributed by atoms with Gasteiger partial charge in [0, 0.05) is 14.2 Å². The van der Waals surface area contributed by atoms with Crippen molar-refractivity contribution in [3.63, 3.8) is 0 Å². The lowest BCUT2D eigenvalue weighted by molar-refractivity contribution is -0.359. The van der Waals surface area contributed by atoms with Crippen molar-refractivity contribution in [3.05, 3.63) is 35.4 Å². The molecule has 0 saturated heterocycles. The van der Waals surface area contributed by atoms with Crippen molar-refractivity contribution in [3.8, 4) is 0 Å². The van der Waals surface area contributed by atoms with Crippen LogP contribution in [0.1, 0.15) is 11.1 Å². The molecule has 0 radical (unpaired) electrons. The van der Waals surface area contributed by atoms with Gasteiger partial charge in [-0.15, -0.1) is 0 Å². The minimum absolute atomic E-state index is 0.255. The summed E-state index contributed by atoms with van der Waals surface area (Å²) in [4.78, 5) is 11.4. The molecule has 1 aliphatic rings. The zero-order valence-electron chi connectivity index (χ0n) is 8.65. The zero-order valence-corrected chi connectivity index (χ0v) is 8.65. The molecule has 4 heteroatoms. The van der Waals surface area contributed by atoms with Gasteiger partial charge >= 0.3 is 11.9 Å². The maximum absolute atomic E-state index is 11.4. The molecular formula is C11H12O4. The van der Waals surface area contributed by atoms with Crippen LogP contribution in [0.2, 0.25) is 0 Å². The minimum Gasteiger partial charge on any atom is -0.403 e. The quantitative estimate of drug-likeness (QED) is 0.541. The number of carbonyl (C=O) groups excluding carboxylic acids is 1. The molecule has 0 unspecified atom stereocenters. The van der Waals surface area contributed by atoms with Crippen LogP contribution in [0.4, 0.5) is 0 Å². The summed E-state index contributed by atoms with van der Waals surface area (Å²) in [7, 11) is 2.89. The van der Waals surface area contributed by atoms with E-state index in [-0.39, 0.29) is 12.4 Å². The molecule has 0 saturated carbocycles. The molecule has 0 spiro atoms. The van der Waals surface area contributed by atoms with Crippen molar-refractivity contribution < 1.29 is 19.0 Å². The number of hydrogen-bond donors (Lipinski definition) is 0. The summed E-state index contributed by atoms with van der Waals surface area (Å²) in [5.41, 5.74) is 1.62. The highest BCUT2D eigenvalue weighted by molar-refractivity contribution is 5.75. The summed E-state index contributed by atoms with van der Waals surface area (Å²) in [6.07, 6.45) is 0.255. The van der Waals surface area contributed by atoms with Gasteiger partial charge in [-0.25, -0.2) is 0 Å².